The Hall–Kier alpha value is -0.610. The van der Waals surface area contributed by atoms with E-state index >= 15 is 0 Å². The zero-order chi connectivity index (χ0) is 14.2. The molecule has 2 saturated carbocycles. The number of hydrogen-bond donors (Lipinski definition) is 2. The topological polar surface area (TPSA) is 52.6 Å². The number of amides is 1. The average Bonchev–Trinajstić information content (AvgIpc) is 3.24. The van der Waals surface area contributed by atoms with Crippen molar-refractivity contribution in [2.45, 2.75) is 68.9 Å². The largest absolute Gasteiger partial charge is 0.380 e. The van der Waals surface area contributed by atoms with Crippen LogP contribution >= 0.6 is 0 Å². The Morgan fingerprint density at radius 3 is 2.25 bits per heavy atom. The van der Waals surface area contributed by atoms with Gasteiger partial charge in [0, 0.05) is 18.6 Å². The van der Waals surface area contributed by atoms with E-state index in [2.05, 4.69) is 10.2 Å². The molecular weight excluding hydrogens is 252 g/mol. The molecule has 0 aromatic heterocycles. The molecule has 3 aliphatic rings. The number of piperidine rings is 1. The molecule has 2 aliphatic carbocycles. The maximum Gasteiger partial charge on any atom is 0.252 e. The van der Waals surface area contributed by atoms with E-state index in [0.717, 1.165) is 25.9 Å². The minimum absolute atomic E-state index is 0.0383. The molecule has 3 fully saturated rings. The molecule has 4 heteroatoms. The highest BCUT2D eigenvalue weighted by Crippen LogP contribution is 2.48. The van der Waals surface area contributed by atoms with Crippen LogP contribution in [0.4, 0.5) is 0 Å². The van der Waals surface area contributed by atoms with Gasteiger partial charge >= 0.3 is 0 Å². The first-order valence-corrected chi connectivity index (χ1v) is 8.28. The Morgan fingerprint density at radius 1 is 1.10 bits per heavy atom. The second-order valence-corrected chi connectivity index (χ2v) is 7.28. The fourth-order valence-electron chi connectivity index (χ4n) is 3.98. The summed E-state index contributed by atoms with van der Waals surface area (Å²) in [6.07, 6.45) is 9.80. The van der Waals surface area contributed by atoms with E-state index in [9.17, 15) is 9.90 Å². The van der Waals surface area contributed by atoms with Crippen LogP contribution in [0, 0.1) is 5.92 Å². The molecule has 1 saturated heterocycles. The molecule has 0 bridgehead atoms. The highest BCUT2D eigenvalue weighted by molar-refractivity contribution is 5.86. The van der Waals surface area contributed by atoms with Gasteiger partial charge in [-0.3, -0.25) is 4.79 Å². The summed E-state index contributed by atoms with van der Waals surface area (Å²) < 4.78 is 0. The van der Waals surface area contributed by atoms with Crippen molar-refractivity contribution in [1.29, 1.82) is 0 Å². The van der Waals surface area contributed by atoms with Gasteiger partial charge in [-0.05, 0) is 51.5 Å². The highest BCUT2D eigenvalue weighted by atomic mass is 16.3. The Bertz CT molecular complexity index is 365. The maximum atomic E-state index is 12.5. The lowest BCUT2D eigenvalue weighted by molar-refractivity contribution is -0.146. The number of rotatable bonds is 3. The average molecular weight is 280 g/mol. The fourth-order valence-corrected chi connectivity index (χ4v) is 3.98. The summed E-state index contributed by atoms with van der Waals surface area (Å²) in [5.41, 5.74) is -1.09. The number of aliphatic hydroxyl groups is 1. The lowest BCUT2D eigenvalue weighted by Crippen LogP contribution is -2.57. The summed E-state index contributed by atoms with van der Waals surface area (Å²) in [6, 6.07) is 0. The van der Waals surface area contributed by atoms with E-state index in [4.69, 9.17) is 0 Å². The molecule has 0 aromatic rings. The van der Waals surface area contributed by atoms with Crippen molar-refractivity contribution < 1.29 is 9.90 Å². The van der Waals surface area contributed by atoms with Gasteiger partial charge in [0.15, 0.2) is 0 Å². The van der Waals surface area contributed by atoms with E-state index in [1.165, 1.54) is 32.1 Å². The van der Waals surface area contributed by atoms with E-state index in [-0.39, 0.29) is 11.4 Å². The van der Waals surface area contributed by atoms with E-state index in [1.54, 1.807) is 0 Å². The predicted octanol–water partition coefficient (Wildman–Crippen LogP) is 1.67. The molecule has 4 nitrogen and oxygen atoms in total. The standard InChI is InChI=1S/C16H28N2O2/c1-18-11-9-16(20,10-12-18)14(19)17-15(7-8-15)13-5-3-2-4-6-13/h13,20H,2-12H2,1H3,(H,17,19). The summed E-state index contributed by atoms with van der Waals surface area (Å²) in [6.45, 7) is 1.61. The number of likely N-dealkylation sites (tertiary alicyclic amines) is 1. The number of nitrogens with one attached hydrogen (secondary N) is 1. The van der Waals surface area contributed by atoms with Crippen LogP contribution < -0.4 is 5.32 Å². The molecule has 1 amide bonds. The van der Waals surface area contributed by atoms with Crippen LogP contribution in [-0.4, -0.2) is 47.2 Å². The maximum absolute atomic E-state index is 12.5. The van der Waals surface area contributed by atoms with Crippen LogP contribution in [0.25, 0.3) is 0 Å². The summed E-state index contributed by atoms with van der Waals surface area (Å²) in [4.78, 5) is 14.7. The molecule has 114 valence electrons. The zero-order valence-corrected chi connectivity index (χ0v) is 12.7. The molecule has 0 radical (unpaired) electrons. The third-order valence-corrected chi connectivity index (χ3v) is 5.77. The zero-order valence-electron chi connectivity index (χ0n) is 12.7. The van der Waals surface area contributed by atoms with Gasteiger partial charge in [-0.2, -0.15) is 0 Å². The quantitative estimate of drug-likeness (QED) is 0.827. The molecule has 0 spiro atoms. The Morgan fingerprint density at radius 2 is 1.70 bits per heavy atom. The molecule has 1 heterocycles. The minimum Gasteiger partial charge on any atom is -0.380 e. The van der Waals surface area contributed by atoms with Crippen molar-refractivity contribution in [1.82, 2.24) is 10.2 Å². The molecule has 20 heavy (non-hydrogen) atoms. The van der Waals surface area contributed by atoms with Crippen LogP contribution in [0.2, 0.25) is 0 Å². The van der Waals surface area contributed by atoms with Gasteiger partial charge in [-0.1, -0.05) is 19.3 Å². The lowest BCUT2D eigenvalue weighted by Gasteiger charge is -2.38. The molecule has 1 aliphatic heterocycles. The third kappa shape index (κ3) is 2.73. The SMILES string of the molecule is CN1CCC(O)(C(=O)NC2(C3CCCCC3)CC2)CC1. The lowest BCUT2D eigenvalue weighted by atomic mass is 9.81. The molecule has 0 atom stereocenters. The van der Waals surface area contributed by atoms with Crippen molar-refractivity contribution in [2.24, 2.45) is 5.92 Å². The van der Waals surface area contributed by atoms with Crippen molar-refractivity contribution in [3.63, 3.8) is 0 Å². The molecule has 2 N–H and O–H groups in total. The van der Waals surface area contributed by atoms with E-state index < -0.39 is 5.60 Å². The van der Waals surface area contributed by atoms with Crippen LogP contribution in [0.1, 0.15) is 57.8 Å². The minimum atomic E-state index is -1.13. The predicted molar refractivity (Wildman–Crippen MR) is 78.4 cm³/mol. The first kappa shape index (κ1) is 14.3. The van der Waals surface area contributed by atoms with Gasteiger partial charge in [-0.25, -0.2) is 0 Å². The van der Waals surface area contributed by atoms with Crippen LogP contribution in [0.3, 0.4) is 0 Å². The van der Waals surface area contributed by atoms with E-state index in [1.807, 2.05) is 7.05 Å². The molecule has 0 aromatic carbocycles. The first-order valence-electron chi connectivity index (χ1n) is 8.28. The summed E-state index contributed by atoms with van der Waals surface area (Å²) in [5, 5.41) is 13.9. The van der Waals surface area contributed by atoms with Crippen molar-refractivity contribution >= 4 is 5.91 Å². The van der Waals surface area contributed by atoms with Gasteiger partial charge < -0.3 is 15.3 Å². The summed E-state index contributed by atoms with van der Waals surface area (Å²) in [5.74, 6) is 0.545. The number of carbonyl (C=O) groups excluding carboxylic acids is 1. The van der Waals surface area contributed by atoms with Crippen LogP contribution in [0.15, 0.2) is 0 Å². The third-order valence-electron chi connectivity index (χ3n) is 5.77. The fraction of sp³-hybridized carbons (Fsp3) is 0.938. The number of hydrogen-bond acceptors (Lipinski definition) is 3. The van der Waals surface area contributed by atoms with Gasteiger partial charge in [0.1, 0.15) is 5.60 Å². The second kappa shape index (κ2) is 5.30. The normalized spacial score (nSPS) is 29.9. The molecule has 3 rings (SSSR count). The van der Waals surface area contributed by atoms with Gasteiger partial charge in [0.05, 0.1) is 0 Å². The van der Waals surface area contributed by atoms with Gasteiger partial charge in [0.2, 0.25) is 0 Å². The Kier molecular flexibility index (Phi) is 3.80. The monoisotopic (exact) mass is 280 g/mol. The molecular formula is C16H28N2O2. The van der Waals surface area contributed by atoms with Crippen molar-refractivity contribution in [3.8, 4) is 0 Å². The van der Waals surface area contributed by atoms with E-state index in [0.29, 0.717) is 18.8 Å². The first-order chi connectivity index (χ1) is 9.54. The second-order valence-electron chi connectivity index (χ2n) is 7.28. The highest BCUT2D eigenvalue weighted by Gasteiger charge is 2.52. The number of nitrogens with zero attached hydrogens (tertiary/aromatic N) is 1. The van der Waals surface area contributed by atoms with Gasteiger partial charge in [-0.15, -0.1) is 0 Å². The molecule has 0 unspecified atom stereocenters. The smallest absolute Gasteiger partial charge is 0.252 e. The number of carbonyl (C=O) groups is 1. The Labute approximate surface area is 121 Å². The van der Waals surface area contributed by atoms with Gasteiger partial charge in [0.25, 0.3) is 5.91 Å². The summed E-state index contributed by atoms with van der Waals surface area (Å²) >= 11 is 0. The van der Waals surface area contributed by atoms with Crippen LogP contribution in [0.5, 0.6) is 0 Å². The van der Waals surface area contributed by atoms with Crippen molar-refractivity contribution in [2.75, 3.05) is 20.1 Å². The Balaban J connectivity index is 1.60. The summed E-state index contributed by atoms with van der Waals surface area (Å²) in [7, 11) is 2.04. The van der Waals surface area contributed by atoms with Crippen LogP contribution in [-0.2, 0) is 4.79 Å². The van der Waals surface area contributed by atoms with Crippen molar-refractivity contribution in [3.05, 3.63) is 0 Å².